The molecule has 3 heterocycles. The third kappa shape index (κ3) is 3.66. The molecule has 0 aliphatic carbocycles. The minimum absolute atomic E-state index is 0.0391. The molecule has 0 saturated carbocycles. The Labute approximate surface area is 181 Å². The Bertz CT molecular complexity index is 1150. The minimum Gasteiger partial charge on any atom is -0.358 e. The molecule has 1 aromatic carbocycles. The molecule has 2 fully saturated rings. The Morgan fingerprint density at radius 3 is 2.31 bits per heavy atom. The largest absolute Gasteiger partial charge is 0.358 e. The van der Waals surface area contributed by atoms with E-state index in [1.54, 1.807) is 0 Å². The summed E-state index contributed by atoms with van der Waals surface area (Å²) in [6.45, 7) is 0.215. The van der Waals surface area contributed by atoms with Crippen molar-refractivity contribution in [2.45, 2.75) is 44.1 Å². The molecule has 176 valence electrons. The zero-order valence-corrected chi connectivity index (χ0v) is 17.7. The van der Waals surface area contributed by atoms with Crippen LogP contribution in [0.1, 0.15) is 43.6 Å². The highest BCUT2D eigenvalue weighted by molar-refractivity contribution is 7.86. The van der Waals surface area contributed by atoms with E-state index < -0.39 is 56.9 Å². The number of piperidine rings is 2. The summed E-state index contributed by atoms with van der Waals surface area (Å²) in [5.74, 6) is -8.00. The molecule has 3 N–H and O–H groups in total. The fourth-order valence-electron chi connectivity index (χ4n) is 4.65. The molecular weight excluding hydrogens is 456 g/mol. The number of carbonyl (C=O) groups is 1. The number of nitrogens with one attached hydrogen (secondary N) is 2. The third-order valence-electron chi connectivity index (χ3n) is 6.31. The van der Waals surface area contributed by atoms with Gasteiger partial charge in [-0.2, -0.15) is 17.0 Å². The standard InChI is InChI=1S/C19H22F4N4O4S/c20-14-13-11(9-24-18(13)17(23)16(22)15(14)21)10-4-7-26(8-5-10)32(30,31)27-6-2-1-3-12(27)19(28)25-29/h9-10,12,24,29H,1-8H2,(H,25,28)/t12-/m1/s1. The van der Waals surface area contributed by atoms with Crippen LogP contribution in [0.4, 0.5) is 17.6 Å². The summed E-state index contributed by atoms with van der Waals surface area (Å²) >= 11 is 0. The number of aromatic nitrogens is 1. The van der Waals surface area contributed by atoms with Gasteiger partial charge in [0.2, 0.25) is 0 Å². The van der Waals surface area contributed by atoms with Gasteiger partial charge in [0.1, 0.15) is 6.04 Å². The number of H-pyrrole nitrogens is 1. The molecule has 1 amide bonds. The molecule has 2 aliphatic heterocycles. The summed E-state index contributed by atoms with van der Waals surface area (Å²) in [5.41, 5.74) is 1.29. The third-order valence-corrected chi connectivity index (χ3v) is 8.36. The minimum atomic E-state index is -4.01. The zero-order chi connectivity index (χ0) is 23.2. The highest BCUT2D eigenvalue weighted by Crippen LogP contribution is 2.38. The van der Waals surface area contributed by atoms with Gasteiger partial charge in [-0.15, -0.1) is 0 Å². The zero-order valence-electron chi connectivity index (χ0n) is 16.9. The summed E-state index contributed by atoms with van der Waals surface area (Å²) in [7, 11) is -4.01. The second-order valence-electron chi connectivity index (χ2n) is 8.03. The number of fused-ring (bicyclic) bond motifs is 1. The lowest BCUT2D eigenvalue weighted by Crippen LogP contribution is -2.56. The van der Waals surface area contributed by atoms with Crippen molar-refractivity contribution in [3.8, 4) is 0 Å². The predicted octanol–water partition coefficient (Wildman–Crippen LogP) is 2.51. The summed E-state index contributed by atoms with van der Waals surface area (Å²) in [5, 5.41) is 8.56. The summed E-state index contributed by atoms with van der Waals surface area (Å²) in [6, 6.07) is -1.01. The summed E-state index contributed by atoms with van der Waals surface area (Å²) in [6.07, 6.45) is 3.26. The molecule has 1 aromatic heterocycles. The molecule has 4 rings (SSSR count). The Kier molecular flexibility index (Phi) is 6.18. The van der Waals surface area contributed by atoms with Gasteiger partial charge in [0.05, 0.1) is 5.52 Å². The maximum Gasteiger partial charge on any atom is 0.282 e. The first kappa shape index (κ1) is 23.0. The van der Waals surface area contributed by atoms with Crippen molar-refractivity contribution >= 4 is 27.0 Å². The van der Waals surface area contributed by atoms with E-state index in [9.17, 15) is 30.8 Å². The van der Waals surface area contributed by atoms with E-state index in [0.29, 0.717) is 12.8 Å². The molecule has 0 spiro atoms. The number of hydroxylamine groups is 1. The first-order valence-corrected chi connectivity index (χ1v) is 11.6. The van der Waals surface area contributed by atoms with Gasteiger partial charge in [-0.05, 0) is 37.2 Å². The molecule has 13 heteroatoms. The molecule has 0 bridgehead atoms. The maximum absolute atomic E-state index is 14.4. The number of hydrogen-bond donors (Lipinski definition) is 3. The van der Waals surface area contributed by atoms with Crippen LogP contribution in [-0.4, -0.2) is 58.8 Å². The van der Waals surface area contributed by atoms with E-state index >= 15 is 0 Å². The molecule has 2 aliphatic rings. The van der Waals surface area contributed by atoms with Crippen molar-refractivity contribution in [1.29, 1.82) is 0 Å². The average Bonchev–Trinajstić information content (AvgIpc) is 3.26. The normalized spacial score (nSPS) is 21.8. The fraction of sp³-hybridized carbons (Fsp3) is 0.526. The van der Waals surface area contributed by atoms with E-state index in [-0.39, 0.29) is 49.8 Å². The molecule has 8 nitrogen and oxygen atoms in total. The van der Waals surface area contributed by atoms with Gasteiger partial charge in [-0.1, -0.05) is 6.42 Å². The molecule has 2 saturated heterocycles. The summed E-state index contributed by atoms with van der Waals surface area (Å²) < 4.78 is 84.2. The number of amides is 1. The number of benzene rings is 1. The van der Waals surface area contributed by atoms with Crippen molar-refractivity contribution in [2.75, 3.05) is 19.6 Å². The lowest BCUT2D eigenvalue weighted by atomic mass is 9.90. The fourth-order valence-corrected chi connectivity index (χ4v) is 6.50. The molecule has 2 aromatic rings. The monoisotopic (exact) mass is 478 g/mol. The number of aromatic amines is 1. The Hall–Kier alpha value is -2.22. The van der Waals surface area contributed by atoms with Gasteiger partial charge in [0.25, 0.3) is 16.1 Å². The van der Waals surface area contributed by atoms with Crippen molar-refractivity contribution in [1.82, 2.24) is 19.1 Å². The van der Waals surface area contributed by atoms with Crippen molar-refractivity contribution in [3.05, 3.63) is 35.0 Å². The Morgan fingerprint density at radius 2 is 1.66 bits per heavy atom. The number of rotatable bonds is 4. The van der Waals surface area contributed by atoms with E-state index in [4.69, 9.17) is 5.21 Å². The predicted molar refractivity (Wildman–Crippen MR) is 105 cm³/mol. The molecule has 0 radical (unpaired) electrons. The van der Waals surface area contributed by atoms with Crippen molar-refractivity contribution < 1.29 is 36.0 Å². The second kappa shape index (κ2) is 8.61. The second-order valence-corrected chi connectivity index (χ2v) is 9.91. The Morgan fingerprint density at radius 1 is 1.00 bits per heavy atom. The van der Waals surface area contributed by atoms with Crippen LogP contribution in [0.2, 0.25) is 0 Å². The van der Waals surface area contributed by atoms with Crippen LogP contribution < -0.4 is 5.48 Å². The first-order valence-electron chi connectivity index (χ1n) is 10.2. The van der Waals surface area contributed by atoms with E-state index in [0.717, 1.165) is 4.31 Å². The number of hydrogen-bond acceptors (Lipinski definition) is 4. The van der Waals surface area contributed by atoms with Gasteiger partial charge in [0.15, 0.2) is 23.3 Å². The van der Waals surface area contributed by atoms with Crippen LogP contribution >= 0.6 is 0 Å². The SMILES string of the molecule is O=C(NO)[C@H]1CCCCN1S(=O)(=O)N1CCC(c2c[nH]c3c(F)c(F)c(F)c(F)c23)CC1. The van der Waals surface area contributed by atoms with Crippen molar-refractivity contribution in [3.63, 3.8) is 0 Å². The number of halogens is 4. The van der Waals surface area contributed by atoms with Gasteiger partial charge in [-0.25, -0.2) is 23.0 Å². The average molecular weight is 478 g/mol. The van der Waals surface area contributed by atoms with Gasteiger partial charge in [0, 0.05) is 31.2 Å². The molecular formula is C19H22F4N4O4S. The lowest BCUT2D eigenvalue weighted by Gasteiger charge is -2.39. The van der Waals surface area contributed by atoms with Crippen LogP contribution in [0.25, 0.3) is 10.9 Å². The molecule has 0 unspecified atom stereocenters. The maximum atomic E-state index is 14.4. The number of nitrogens with zero attached hydrogens (tertiary/aromatic N) is 2. The Balaban J connectivity index is 1.55. The van der Waals surface area contributed by atoms with Crippen LogP contribution in [0, 0.1) is 23.3 Å². The smallest absolute Gasteiger partial charge is 0.282 e. The lowest BCUT2D eigenvalue weighted by molar-refractivity contribution is -0.134. The van der Waals surface area contributed by atoms with Gasteiger partial charge < -0.3 is 4.98 Å². The van der Waals surface area contributed by atoms with Crippen molar-refractivity contribution in [2.24, 2.45) is 0 Å². The van der Waals surface area contributed by atoms with Crippen LogP contribution in [0.3, 0.4) is 0 Å². The van der Waals surface area contributed by atoms with Crippen LogP contribution in [-0.2, 0) is 15.0 Å². The summed E-state index contributed by atoms with van der Waals surface area (Å²) in [4.78, 5) is 14.4. The van der Waals surface area contributed by atoms with Gasteiger partial charge >= 0.3 is 0 Å². The molecule has 32 heavy (non-hydrogen) atoms. The molecule has 1 atom stereocenters. The quantitative estimate of drug-likeness (QED) is 0.206. The van der Waals surface area contributed by atoms with Crippen LogP contribution in [0.5, 0.6) is 0 Å². The van der Waals surface area contributed by atoms with E-state index in [1.807, 2.05) is 0 Å². The van der Waals surface area contributed by atoms with Crippen LogP contribution in [0.15, 0.2) is 6.20 Å². The van der Waals surface area contributed by atoms with Gasteiger partial charge in [-0.3, -0.25) is 10.0 Å². The highest BCUT2D eigenvalue weighted by Gasteiger charge is 2.41. The van der Waals surface area contributed by atoms with E-state index in [1.165, 1.54) is 16.0 Å². The first-order chi connectivity index (χ1) is 15.2. The highest BCUT2D eigenvalue weighted by atomic mass is 32.2. The topological polar surface area (TPSA) is 106 Å². The van der Waals surface area contributed by atoms with E-state index in [2.05, 4.69) is 4.98 Å². The number of carbonyl (C=O) groups excluding carboxylic acids is 1.